The summed E-state index contributed by atoms with van der Waals surface area (Å²) in [5.74, 6) is -0.134. The first kappa shape index (κ1) is 24.2. The first-order valence-electron chi connectivity index (χ1n) is 11.1. The van der Waals surface area contributed by atoms with E-state index in [4.69, 9.17) is 9.47 Å². The lowest BCUT2D eigenvalue weighted by atomic mass is 9.96. The number of fused-ring (bicyclic) bond motifs is 1. The van der Waals surface area contributed by atoms with Gasteiger partial charge in [-0.3, -0.25) is 9.36 Å². The minimum absolute atomic E-state index is 0.0461. The number of thiazole rings is 1. The van der Waals surface area contributed by atoms with E-state index in [0.29, 0.717) is 43.9 Å². The molecule has 1 atom stereocenters. The Kier molecular flexibility index (Phi) is 7.02. The molecule has 2 aromatic carbocycles. The molecular formula is C27H26N2O5S. The fourth-order valence-electron chi connectivity index (χ4n) is 4.13. The van der Waals surface area contributed by atoms with Crippen LogP contribution in [-0.4, -0.2) is 29.4 Å². The van der Waals surface area contributed by atoms with Gasteiger partial charge in [-0.15, -0.1) is 6.58 Å². The van der Waals surface area contributed by atoms with Crippen LogP contribution in [0, 0.1) is 0 Å². The molecule has 1 aliphatic heterocycles. The highest BCUT2D eigenvalue weighted by Crippen LogP contribution is 2.33. The Morgan fingerprint density at radius 3 is 2.69 bits per heavy atom. The Hall–Kier alpha value is -3.91. The zero-order valence-corrected chi connectivity index (χ0v) is 20.6. The Morgan fingerprint density at radius 1 is 1.29 bits per heavy atom. The predicted molar refractivity (Wildman–Crippen MR) is 135 cm³/mol. The summed E-state index contributed by atoms with van der Waals surface area (Å²) in [6.07, 6.45) is 3.87. The number of hydrogen-bond acceptors (Lipinski definition) is 7. The maximum atomic E-state index is 13.7. The SMILES string of the molecule is C=CCc1cc(/C=c2/sc3n(c2=O)[C@H](c2ccccc2)C(C(=O)OCC)=C(C)N=3)cc(OC)c1O. The Bertz CT molecular complexity index is 1500. The van der Waals surface area contributed by atoms with Crippen LogP contribution in [0.15, 0.2) is 76.2 Å². The summed E-state index contributed by atoms with van der Waals surface area (Å²) in [5.41, 5.74) is 2.72. The van der Waals surface area contributed by atoms with Crippen LogP contribution in [0.25, 0.3) is 6.08 Å². The van der Waals surface area contributed by atoms with Gasteiger partial charge in [-0.25, -0.2) is 9.79 Å². The highest BCUT2D eigenvalue weighted by molar-refractivity contribution is 7.07. The number of carbonyl (C=O) groups excluding carboxylic acids is 1. The number of carbonyl (C=O) groups is 1. The van der Waals surface area contributed by atoms with Crippen molar-refractivity contribution < 1.29 is 19.4 Å². The average molecular weight is 491 g/mol. The molecule has 0 spiro atoms. The molecule has 0 aliphatic carbocycles. The van der Waals surface area contributed by atoms with Gasteiger partial charge in [-0.05, 0) is 49.6 Å². The number of phenolic OH excluding ortho intramolecular Hbond substituents is 1. The number of aromatic hydroxyl groups is 1. The summed E-state index contributed by atoms with van der Waals surface area (Å²) < 4.78 is 12.6. The minimum atomic E-state index is -0.653. The van der Waals surface area contributed by atoms with E-state index in [1.165, 1.54) is 18.4 Å². The monoisotopic (exact) mass is 490 g/mol. The lowest BCUT2D eigenvalue weighted by Gasteiger charge is -2.24. The first-order chi connectivity index (χ1) is 16.9. The predicted octanol–water partition coefficient (Wildman–Crippen LogP) is 3.24. The van der Waals surface area contributed by atoms with Gasteiger partial charge in [0.1, 0.15) is 0 Å². The van der Waals surface area contributed by atoms with Gasteiger partial charge in [0.05, 0.1) is 35.6 Å². The lowest BCUT2D eigenvalue weighted by Crippen LogP contribution is -2.39. The van der Waals surface area contributed by atoms with Gasteiger partial charge in [0.2, 0.25) is 0 Å². The highest BCUT2D eigenvalue weighted by Gasteiger charge is 2.33. The number of allylic oxidation sites excluding steroid dienone is 2. The van der Waals surface area contributed by atoms with Gasteiger partial charge in [0, 0.05) is 5.56 Å². The summed E-state index contributed by atoms with van der Waals surface area (Å²) >= 11 is 1.24. The van der Waals surface area contributed by atoms with Crippen molar-refractivity contribution in [3.05, 3.63) is 103 Å². The van der Waals surface area contributed by atoms with E-state index in [1.807, 2.05) is 30.3 Å². The summed E-state index contributed by atoms with van der Waals surface area (Å²) in [6.45, 7) is 7.45. The van der Waals surface area contributed by atoms with Gasteiger partial charge in [0.15, 0.2) is 16.3 Å². The smallest absolute Gasteiger partial charge is 0.338 e. The second kappa shape index (κ2) is 10.1. The number of phenols is 1. The maximum absolute atomic E-state index is 13.7. The Morgan fingerprint density at radius 2 is 2.03 bits per heavy atom. The number of methoxy groups -OCH3 is 1. The molecular weight excluding hydrogens is 464 g/mol. The van der Waals surface area contributed by atoms with Crippen molar-refractivity contribution >= 4 is 23.4 Å². The maximum Gasteiger partial charge on any atom is 0.338 e. The molecule has 0 amide bonds. The molecule has 3 aromatic rings. The molecule has 1 aliphatic rings. The van der Waals surface area contributed by atoms with Crippen molar-refractivity contribution in [1.82, 2.24) is 4.57 Å². The van der Waals surface area contributed by atoms with E-state index < -0.39 is 12.0 Å². The van der Waals surface area contributed by atoms with Crippen LogP contribution < -0.4 is 19.6 Å². The topological polar surface area (TPSA) is 90.1 Å². The van der Waals surface area contributed by atoms with Gasteiger partial charge in [-0.1, -0.05) is 47.7 Å². The number of ether oxygens (including phenoxy) is 2. The van der Waals surface area contributed by atoms with E-state index >= 15 is 0 Å². The fraction of sp³-hybridized carbons (Fsp3) is 0.222. The van der Waals surface area contributed by atoms with Crippen molar-refractivity contribution in [3.8, 4) is 11.5 Å². The number of nitrogens with zero attached hydrogens (tertiary/aromatic N) is 2. The molecule has 35 heavy (non-hydrogen) atoms. The molecule has 4 rings (SSSR count). The third kappa shape index (κ3) is 4.57. The Labute approximate surface area is 206 Å². The van der Waals surface area contributed by atoms with Crippen molar-refractivity contribution in [3.63, 3.8) is 0 Å². The second-order valence-corrected chi connectivity index (χ2v) is 8.95. The Balaban J connectivity index is 1.94. The van der Waals surface area contributed by atoms with E-state index in [2.05, 4.69) is 11.6 Å². The summed E-state index contributed by atoms with van der Waals surface area (Å²) in [6, 6.07) is 12.2. The molecule has 0 radical (unpaired) electrons. The largest absolute Gasteiger partial charge is 0.504 e. The molecule has 0 saturated heterocycles. The van der Waals surface area contributed by atoms with Gasteiger partial charge >= 0.3 is 5.97 Å². The molecule has 0 bridgehead atoms. The normalized spacial score (nSPS) is 15.4. The van der Waals surface area contributed by atoms with Crippen molar-refractivity contribution in [2.45, 2.75) is 26.3 Å². The molecule has 1 aromatic heterocycles. The summed E-state index contributed by atoms with van der Waals surface area (Å²) in [7, 11) is 1.48. The van der Waals surface area contributed by atoms with Crippen molar-refractivity contribution in [1.29, 1.82) is 0 Å². The van der Waals surface area contributed by atoms with Gasteiger partial charge < -0.3 is 14.6 Å². The van der Waals surface area contributed by atoms with Crippen LogP contribution >= 0.6 is 11.3 Å². The number of aromatic nitrogens is 1. The zero-order valence-electron chi connectivity index (χ0n) is 19.8. The zero-order chi connectivity index (χ0) is 25.1. The lowest BCUT2D eigenvalue weighted by molar-refractivity contribution is -0.139. The average Bonchev–Trinajstić information content (AvgIpc) is 3.15. The van der Waals surface area contributed by atoms with E-state index in [1.54, 1.807) is 42.7 Å². The van der Waals surface area contributed by atoms with E-state index in [-0.39, 0.29) is 17.9 Å². The van der Waals surface area contributed by atoms with Gasteiger partial charge in [-0.2, -0.15) is 0 Å². The molecule has 0 unspecified atom stereocenters. The number of hydrogen-bond donors (Lipinski definition) is 1. The third-order valence-electron chi connectivity index (χ3n) is 5.69. The standard InChI is InChI=1S/C27H26N2O5S/c1-5-10-19-13-17(14-20(33-4)24(19)30)15-21-25(31)29-23(18-11-8-7-9-12-18)22(26(32)34-6-2)16(3)28-27(29)35-21/h5,7-9,11-15,23,30H,1,6,10H2,2-4H3/b21-15+/t23-/m1/s1. The summed E-state index contributed by atoms with van der Waals surface area (Å²) in [5, 5.41) is 10.4. The number of benzene rings is 2. The number of rotatable bonds is 7. The van der Waals surface area contributed by atoms with Crippen LogP contribution in [0.4, 0.5) is 0 Å². The number of esters is 1. The highest BCUT2D eigenvalue weighted by atomic mass is 32.1. The molecule has 8 heteroatoms. The third-order valence-corrected chi connectivity index (χ3v) is 6.67. The quantitative estimate of drug-likeness (QED) is 0.406. The van der Waals surface area contributed by atoms with E-state index in [0.717, 1.165) is 5.56 Å². The molecule has 180 valence electrons. The van der Waals surface area contributed by atoms with Crippen LogP contribution in [0.3, 0.4) is 0 Å². The molecule has 7 nitrogen and oxygen atoms in total. The first-order valence-corrected chi connectivity index (χ1v) is 12.0. The van der Waals surface area contributed by atoms with Crippen LogP contribution in [0.1, 0.15) is 36.6 Å². The molecule has 2 heterocycles. The van der Waals surface area contributed by atoms with Crippen LogP contribution in [0.2, 0.25) is 0 Å². The molecule has 0 saturated carbocycles. The second-order valence-electron chi connectivity index (χ2n) is 7.94. The fourth-order valence-corrected chi connectivity index (χ4v) is 5.18. The van der Waals surface area contributed by atoms with Crippen LogP contribution in [0.5, 0.6) is 11.5 Å². The molecule has 0 fully saturated rings. The van der Waals surface area contributed by atoms with Crippen molar-refractivity contribution in [2.75, 3.05) is 13.7 Å². The van der Waals surface area contributed by atoms with Gasteiger partial charge in [0.25, 0.3) is 5.56 Å². The molecule has 1 N–H and O–H groups in total. The minimum Gasteiger partial charge on any atom is -0.504 e. The van der Waals surface area contributed by atoms with Crippen LogP contribution in [-0.2, 0) is 16.0 Å². The summed E-state index contributed by atoms with van der Waals surface area (Å²) in [4.78, 5) is 31.7. The van der Waals surface area contributed by atoms with E-state index in [9.17, 15) is 14.7 Å². The van der Waals surface area contributed by atoms with Crippen molar-refractivity contribution in [2.24, 2.45) is 4.99 Å².